The third-order valence-corrected chi connectivity index (χ3v) is 5.18. The first kappa shape index (κ1) is 17.2. The molecule has 23 heavy (non-hydrogen) atoms. The molecule has 1 unspecified atom stereocenters. The van der Waals surface area contributed by atoms with Crippen molar-refractivity contribution in [2.24, 2.45) is 0 Å². The fourth-order valence-corrected chi connectivity index (χ4v) is 3.86. The Kier molecular flexibility index (Phi) is 5.23. The largest absolute Gasteiger partial charge is 0.480 e. The standard InChI is InChI=1S/C16H20N2O4S/c1-2-3-8-14(16(19)20)18-23(21,22)15-10-9-13(17)11-6-4-5-7-12(11)15/h4-7,9-10,14,18H,2-3,8,17H2,1H3,(H,19,20). The Hall–Kier alpha value is -2.12. The number of benzene rings is 2. The Morgan fingerprint density at radius 3 is 2.48 bits per heavy atom. The van der Waals surface area contributed by atoms with Gasteiger partial charge >= 0.3 is 5.97 Å². The minimum Gasteiger partial charge on any atom is -0.480 e. The van der Waals surface area contributed by atoms with Crippen LogP contribution in [0.4, 0.5) is 5.69 Å². The summed E-state index contributed by atoms with van der Waals surface area (Å²) in [6.07, 6.45) is 1.66. The maximum absolute atomic E-state index is 12.6. The average molecular weight is 336 g/mol. The van der Waals surface area contributed by atoms with E-state index in [1.165, 1.54) is 12.1 Å². The summed E-state index contributed by atoms with van der Waals surface area (Å²) in [7, 11) is -3.96. The fraction of sp³-hybridized carbons (Fsp3) is 0.312. The Morgan fingerprint density at radius 2 is 1.87 bits per heavy atom. The molecule has 2 aromatic carbocycles. The van der Waals surface area contributed by atoms with E-state index in [2.05, 4.69) is 4.72 Å². The highest BCUT2D eigenvalue weighted by molar-refractivity contribution is 7.89. The number of unbranched alkanes of at least 4 members (excludes halogenated alkanes) is 1. The van der Waals surface area contributed by atoms with Crippen LogP contribution < -0.4 is 10.5 Å². The maximum Gasteiger partial charge on any atom is 0.321 e. The molecule has 0 fully saturated rings. The lowest BCUT2D eigenvalue weighted by Crippen LogP contribution is -2.40. The second-order valence-corrected chi connectivity index (χ2v) is 7.04. The summed E-state index contributed by atoms with van der Waals surface area (Å²) in [5.41, 5.74) is 6.35. The van der Waals surface area contributed by atoms with Gasteiger partial charge in [0.15, 0.2) is 0 Å². The molecule has 0 heterocycles. The molecule has 6 nitrogen and oxygen atoms in total. The van der Waals surface area contributed by atoms with Crippen molar-refractivity contribution in [3.63, 3.8) is 0 Å². The molecule has 0 saturated carbocycles. The molecule has 2 aromatic rings. The summed E-state index contributed by atoms with van der Waals surface area (Å²) >= 11 is 0. The zero-order chi connectivity index (χ0) is 17.0. The van der Waals surface area contributed by atoms with Gasteiger partial charge in [0.1, 0.15) is 6.04 Å². The fourth-order valence-electron chi connectivity index (χ4n) is 2.42. The van der Waals surface area contributed by atoms with E-state index in [9.17, 15) is 18.3 Å². The van der Waals surface area contributed by atoms with Crippen LogP contribution in [0.5, 0.6) is 0 Å². The van der Waals surface area contributed by atoms with Crippen LogP contribution in [0, 0.1) is 0 Å². The van der Waals surface area contributed by atoms with Gasteiger partial charge < -0.3 is 10.8 Å². The lowest BCUT2D eigenvalue weighted by molar-refractivity contribution is -0.139. The number of carboxylic acid groups (broad SMARTS) is 1. The average Bonchev–Trinajstić information content (AvgIpc) is 2.51. The van der Waals surface area contributed by atoms with Gasteiger partial charge in [0.25, 0.3) is 0 Å². The molecule has 0 aliphatic heterocycles. The number of hydrogen-bond donors (Lipinski definition) is 3. The first-order valence-electron chi connectivity index (χ1n) is 7.39. The normalized spacial score (nSPS) is 13.1. The summed E-state index contributed by atoms with van der Waals surface area (Å²) in [6, 6.07) is 8.64. The number of nitrogens with two attached hydrogens (primary N) is 1. The monoisotopic (exact) mass is 336 g/mol. The molecular weight excluding hydrogens is 316 g/mol. The summed E-state index contributed by atoms with van der Waals surface area (Å²) in [6.45, 7) is 1.92. The number of anilines is 1. The van der Waals surface area contributed by atoms with Crippen molar-refractivity contribution >= 4 is 32.5 Å². The van der Waals surface area contributed by atoms with Crippen molar-refractivity contribution in [3.05, 3.63) is 36.4 Å². The van der Waals surface area contributed by atoms with Crippen LogP contribution in [0.25, 0.3) is 10.8 Å². The van der Waals surface area contributed by atoms with E-state index in [1.807, 2.05) is 6.92 Å². The van der Waals surface area contributed by atoms with E-state index in [-0.39, 0.29) is 11.3 Å². The van der Waals surface area contributed by atoms with Crippen molar-refractivity contribution in [1.82, 2.24) is 4.72 Å². The molecule has 0 aliphatic rings. The molecule has 0 saturated heterocycles. The van der Waals surface area contributed by atoms with Crippen LogP contribution in [-0.4, -0.2) is 25.5 Å². The lowest BCUT2D eigenvalue weighted by Gasteiger charge is -2.16. The van der Waals surface area contributed by atoms with E-state index < -0.39 is 22.0 Å². The van der Waals surface area contributed by atoms with Crippen molar-refractivity contribution in [3.8, 4) is 0 Å². The number of hydrogen-bond acceptors (Lipinski definition) is 4. The Morgan fingerprint density at radius 1 is 1.22 bits per heavy atom. The minimum atomic E-state index is -3.96. The molecular formula is C16H20N2O4S. The Labute approximate surface area is 135 Å². The van der Waals surface area contributed by atoms with E-state index in [4.69, 9.17) is 5.73 Å². The number of carboxylic acids is 1. The van der Waals surface area contributed by atoms with Gasteiger partial charge in [0.2, 0.25) is 10.0 Å². The van der Waals surface area contributed by atoms with Crippen molar-refractivity contribution in [2.45, 2.75) is 37.1 Å². The predicted molar refractivity (Wildman–Crippen MR) is 89.6 cm³/mol. The van der Waals surface area contributed by atoms with Crippen LogP contribution in [-0.2, 0) is 14.8 Å². The number of aliphatic carboxylic acids is 1. The summed E-state index contributed by atoms with van der Waals surface area (Å²) in [5.74, 6) is -1.18. The van der Waals surface area contributed by atoms with Crippen LogP contribution in [0.15, 0.2) is 41.3 Å². The van der Waals surface area contributed by atoms with Gasteiger partial charge in [-0.3, -0.25) is 4.79 Å². The van der Waals surface area contributed by atoms with Gasteiger partial charge in [0.05, 0.1) is 4.90 Å². The van der Waals surface area contributed by atoms with Gasteiger partial charge in [0, 0.05) is 16.5 Å². The molecule has 2 rings (SSSR count). The van der Waals surface area contributed by atoms with Crippen LogP contribution >= 0.6 is 0 Å². The van der Waals surface area contributed by atoms with Gasteiger partial charge in [-0.1, -0.05) is 44.0 Å². The van der Waals surface area contributed by atoms with Gasteiger partial charge in [-0.25, -0.2) is 8.42 Å². The molecule has 4 N–H and O–H groups in total. The number of sulfonamides is 1. The second kappa shape index (κ2) is 6.97. The van der Waals surface area contributed by atoms with Crippen molar-refractivity contribution < 1.29 is 18.3 Å². The van der Waals surface area contributed by atoms with Gasteiger partial charge in [-0.15, -0.1) is 0 Å². The van der Waals surface area contributed by atoms with Crippen molar-refractivity contribution in [1.29, 1.82) is 0 Å². The molecule has 1 atom stereocenters. The Balaban J connectivity index is 2.44. The van der Waals surface area contributed by atoms with Crippen molar-refractivity contribution in [2.75, 3.05) is 5.73 Å². The third kappa shape index (κ3) is 3.80. The smallest absolute Gasteiger partial charge is 0.321 e. The molecule has 0 amide bonds. The van der Waals surface area contributed by atoms with Crippen LogP contribution in [0.2, 0.25) is 0 Å². The Bertz CT molecular complexity index is 818. The maximum atomic E-state index is 12.6. The number of fused-ring (bicyclic) bond motifs is 1. The molecule has 7 heteroatoms. The van der Waals surface area contributed by atoms with E-state index in [0.717, 1.165) is 6.42 Å². The first-order chi connectivity index (χ1) is 10.9. The minimum absolute atomic E-state index is 0.0325. The summed E-state index contributed by atoms with van der Waals surface area (Å²) in [5, 5.41) is 10.3. The lowest BCUT2D eigenvalue weighted by atomic mass is 10.1. The van der Waals surface area contributed by atoms with E-state index >= 15 is 0 Å². The summed E-state index contributed by atoms with van der Waals surface area (Å²) < 4.78 is 27.5. The van der Waals surface area contributed by atoms with Crippen LogP contribution in [0.3, 0.4) is 0 Å². The second-order valence-electron chi connectivity index (χ2n) is 5.35. The van der Waals surface area contributed by atoms with Crippen LogP contribution in [0.1, 0.15) is 26.2 Å². The first-order valence-corrected chi connectivity index (χ1v) is 8.87. The number of nitrogens with one attached hydrogen (secondary N) is 1. The van der Waals surface area contributed by atoms with E-state index in [1.54, 1.807) is 24.3 Å². The topological polar surface area (TPSA) is 109 Å². The summed E-state index contributed by atoms with van der Waals surface area (Å²) in [4.78, 5) is 11.3. The highest BCUT2D eigenvalue weighted by atomic mass is 32.2. The molecule has 0 bridgehead atoms. The zero-order valence-corrected chi connectivity index (χ0v) is 13.6. The molecule has 0 aliphatic carbocycles. The highest BCUT2D eigenvalue weighted by Crippen LogP contribution is 2.27. The molecule has 0 spiro atoms. The van der Waals surface area contributed by atoms with Gasteiger partial charge in [-0.2, -0.15) is 4.72 Å². The predicted octanol–water partition coefficient (Wildman–Crippen LogP) is 2.34. The number of carbonyl (C=O) groups is 1. The van der Waals surface area contributed by atoms with E-state index in [0.29, 0.717) is 22.9 Å². The SMILES string of the molecule is CCCCC(NS(=O)(=O)c1ccc(N)c2ccccc12)C(=O)O. The molecule has 124 valence electrons. The number of nitrogen functional groups attached to an aromatic ring is 1. The highest BCUT2D eigenvalue weighted by Gasteiger charge is 2.26. The molecule has 0 radical (unpaired) electrons. The molecule has 0 aromatic heterocycles. The third-order valence-electron chi connectivity index (χ3n) is 3.65. The quantitative estimate of drug-likeness (QED) is 0.672. The zero-order valence-electron chi connectivity index (χ0n) is 12.8. The van der Waals surface area contributed by atoms with Gasteiger partial charge in [-0.05, 0) is 18.6 Å². The number of rotatable bonds is 7.